The Morgan fingerprint density at radius 2 is 2.33 bits per heavy atom. The van der Waals surface area contributed by atoms with Crippen molar-refractivity contribution in [2.24, 2.45) is 0 Å². The minimum Gasteiger partial charge on any atom is -0.495 e. The molecule has 2 aromatic rings. The van der Waals surface area contributed by atoms with Crippen LogP contribution in [0.3, 0.4) is 0 Å². The fraction of sp³-hybridized carbons (Fsp3) is 0.231. The first kappa shape index (κ1) is 12.2. The monoisotopic (exact) mass is 245 g/mol. The third-order valence-electron chi connectivity index (χ3n) is 2.53. The molecule has 0 bridgehead atoms. The summed E-state index contributed by atoms with van der Waals surface area (Å²) in [6, 6.07) is 5.65. The van der Waals surface area contributed by atoms with Crippen molar-refractivity contribution < 1.29 is 9.53 Å². The number of amides is 1. The number of hydrogen-bond donors (Lipinski definition) is 2. The number of ether oxygens (including phenoxy) is 1. The van der Waals surface area contributed by atoms with E-state index in [4.69, 9.17) is 4.74 Å². The zero-order valence-electron chi connectivity index (χ0n) is 10.4. The van der Waals surface area contributed by atoms with Gasteiger partial charge in [-0.1, -0.05) is 6.07 Å². The van der Waals surface area contributed by atoms with Gasteiger partial charge in [-0.2, -0.15) is 0 Å². The summed E-state index contributed by atoms with van der Waals surface area (Å²) in [5.74, 6) is 0.543. The van der Waals surface area contributed by atoms with Gasteiger partial charge < -0.3 is 15.0 Å². The van der Waals surface area contributed by atoms with Crippen LogP contribution in [0.4, 0.5) is 5.69 Å². The second-order valence-electron chi connectivity index (χ2n) is 4.01. The molecule has 0 aliphatic heterocycles. The lowest BCUT2D eigenvalue weighted by Crippen LogP contribution is -2.15. The van der Waals surface area contributed by atoms with E-state index in [1.165, 1.54) is 0 Å². The van der Waals surface area contributed by atoms with Crippen LogP contribution in [-0.2, 0) is 11.2 Å². The Morgan fingerprint density at radius 1 is 1.50 bits per heavy atom. The quantitative estimate of drug-likeness (QED) is 0.864. The first-order valence-electron chi connectivity index (χ1n) is 5.61. The molecule has 0 fully saturated rings. The Bertz CT molecular complexity index is 535. The largest absolute Gasteiger partial charge is 0.495 e. The molecule has 94 valence electrons. The first-order valence-corrected chi connectivity index (χ1v) is 5.61. The number of aromatic amines is 1. The highest BCUT2D eigenvalue weighted by atomic mass is 16.5. The number of methoxy groups -OCH3 is 1. The van der Waals surface area contributed by atoms with Gasteiger partial charge in [-0.15, -0.1) is 0 Å². The van der Waals surface area contributed by atoms with Crippen LogP contribution in [0.15, 0.2) is 30.7 Å². The molecule has 0 saturated heterocycles. The molecule has 0 aliphatic rings. The number of aryl methyl sites for hydroxylation is 1. The Labute approximate surface area is 105 Å². The van der Waals surface area contributed by atoms with Gasteiger partial charge in [0.1, 0.15) is 5.75 Å². The van der Waals surface area contributed by atoms with E-state index in [0.717, 1.165) is 11.3 Å². The van der Waals surface area contributed by atoms with Crippen LogP contribution in [-0.4, -0.2) is 23.0 Å². The Balaban J connectivity index is 2.08. The lowest BCUT2D eigenvalue weighted by molar-refractivity contribution is -0.115. The summed E-state index contributed by atoms with van der Waals surface area (Å²) < 4.78 is 5.20. The van der Waals surface area contributed by atoms with E-state index in [0.29, 0.717) is 11.4 Å². The van der Waals surface area contributed by atoms with Crippen molar-refractivity contribution in [2.75, 3.05) is 12.4 Å². The lowest BCUT2D eigenvalue weighted by Gasteiger charge is -2.10. The SMILES string of the molecule is COc1ccc(C)cc1NC(=O)Cc1cnc[nH]1. The van der Waals surface area contributed by atoms with Crippen LogP contribution in [0.1, 0.15) is 11.3 Å². The number of anilines is 1. The topological polar surface area (TPSA) is 67.0 Å². The highest BCUT2D eigenvalue weighted by Crippen LogP contribution is 2.25. The highest BCUT2D eigenvalue weighted by molar-refractivity contribution is 5.93. The molecule has 0 radical (unpaired) electrons. The maximum absolute atomic E-state index is 11.8. The molecule has 0 aliphatic carbocycles. The molecule has 5 nitrogen and oxygen atoms in total. The summed E-state index contributed by atoms with van der Waals surface area (Å²) in [7, 11) is 1.58. The standard InChI is InChI=1S/C13H15N3O2/c1-9-3-4-12(18-2)11(5-9)16-13(17)6-10-7-14-8-15-10/h3-5,7-8H,6H2,1-2H3,(H,14,15)(H,16,17). The van der Waals surface area contributed by atoms with E-state index in [-0.39, 0.29) is 12.3 Å². The molecule has 1 aromatic carbocycles. The molecule has 1 heterocycles. The number of carbonyl (C=O) groups is 1. The third-order valence-corrected chi connectivity index (χ3v) is 2.53. The number of H-pyrrole nitrogens is 1. The number of benzene rings is 1. The van der Waals surface area contributed by atoms with Crippen molar-refractivity contribution in [3.63, 3.8) is 0 Å². The van der Waals surface area contributed by atoms with Crippen LogP contribution in [0, 0.1) is 6.92 Å². The molecule has 2 rings (SSSR count). The molecule has 0 spiro atoms. The van der Waals surface area contributed by atoms with Gasteiger partial charge in [0.2, 0.25) is 5.91 Å². The maximum atomic E-state index is 11.8. The molecule has 1 amide bonds. The highest BCUT2D eigenvalue weighted by Gasteiger charge is 2.09. The van der Waals surface area contributed by atoms with Crippen LogP contribution in [0.25, 0.3) is 0 Å². The van der Waals surface area contributed by atoms with E-state index in [1.807, 2.05) is 25.1 Å². The number of nitrogens with zero attached hydrogens (tertiary/aromatic N) is 1. The Kier molecular flexibility index (Phi) is 3.62. The van der Waals surface area contributed by atoms with Gasteiger partial charge in [0.05, 0.1) is 25.5 Å². The van der Waals surface area contributed by atoms with Crippen molar-refractivity contribution in [3.05, 3.63) is 42.0 Å². The number of aromatic nitrogens is 2. The number of nitrogens with one attached hydrogen (secondary N) is 2. The third kappa shape index (κ3) is 2.88. The zero-order chi connectivity index (χ0) is 13.0. The number of imidazole rings is 1. The molecule has 0 saturated carbocycles. The van der Waals surface area contributed by atoms with Gasteiger partial charge in [-0.05, 0) is 24.6 Å². The maximum Gasteiger partial charge on any atom is 0.230 e. The predicted molar refractivity (Wildman–Crippen MR) is 68.7 cm³/mol. The van der Waals surface area contributed by atoms with Crippen molar-refractivity contribution in [3.8, 4) is 5.75 Å². The summed E-state index contributed by atoms with van der Waals surface area (Å²) >= 11 is 0. The van der Waals surface area contributed by atoms with Crippen LogP contribution >= 0.6 is 0 Å². The number of carbonyl (C=O) groups excluding carboxylic acids is 1. The van der Waals surface area contributed by atoms with Gasteiger partial charge in [0, 0.05) is 11.9 Å². The van der Waals surface area contributed by atoms with Gasteiger partial charge >= 0.3 is 0 Å². The Hall–Kier alpha value is -2.30. The normalized spacial score (nSPS) is 10.1. The van der Waals surface area contributed by atoms with E-state index in [2.05, 4.69) is 15.3 Å². The fourth-order valence-electron chi connectivity index (χ4n) is 1.67. The molecule has 0 unspecified atom stereocenters. The summed E-state index contributed by atoms with van der Waals surface area (Å²) in [5.41, 5.74) is 2.52. The van der Waals surface area contributed by atoms with Crippen molar-refractivity contribution in [1.29, 1.82) is 0 Å². The van der Waals surface area contributed by atoms with Crippen molar-refractivity contribution in [1.82, 2.24) is 9.97 Å². The summed E-state index contributed by atoms with van der Waals surface area (Å²) in [6.07, 6.45) is 3.44. The van der Waals surface area contributed by atoms with Gasteiger partial charge in [0.25, 0.3) is 0 Å². The lowest BCUT2D eigenvalue weighted by atomic mass is 10.2. The van der Waals surface area contributed by atoms with Gasteiger partial charge in [-0.3, -0.25) is 4.79 Å². The first-order chi connectivity index (χ1) is 8.69. The van der Waals surface area contributed by atoms with Crippen molar-refractivity contribution >= 4 is 11.6 Å². The van der Waals surface area contributed by atoms with Crippen LogP contribution < -0.4 is 10.1 Å². The second-order valence-corrected chi connectivity index (χ2v) is 4.01. The second kappa shape index (κ2) is 5.35. The molecular weight excluding hydrogens is 230 g/mol. The average molecular weight is 245 g/mol. The van der Waals surface area contributed by atoms with Gasteiger partial charge in [-0.25, -0.2) is 4.98 Å². The Morgan fingerprint density at radius 3 is 3.00 bits per heavy atom. The van der Waals surface area contributed by atoms with E-state index in [1.54, 1.807) is 19.6 Å². The molecule has 2 N–H and O–H groups in total. The summed E-state index contributed by atoms with van der Waals surface area (Å²) in [6.45, 7) is 1.96. The molecule has 1 aromatic heterocycles. The molecule has 5 heteroatoms. The fourth-order valence-corrected chi connectivity index (χ4v) is 1.67. The summed E-state index contributed by atoms with van der Waals surface area (Å²) in [5, 5.41) is 2.83. The number of rotatable bonds is 4. The average Bonchev–Trinajstić information content (AvgIpc) is 2.82. The molecule has 18 heavy (non-hydrogen) atoms. The van der Waals surface area contributed by atoms with Crippen LogP contribution in [0.2, 0.25) is 0 Å². The number of hydrogen-bond acceptors (Lipinski definition) is 3. The predicted octanol–water partition coefficient (Wildman–Crippen LogP) is 1.91. The summed E-state index contributed by atoms with van der Waals surface area (Å²) in [4.78, 5) is 18.6. The molecule has 0 atom stereocenters. The minimum atomic E-state index is -0.108. The van der Waals surface area contributed by atoms with Gasteiger partial charge in [0.15, 0.2) is 0 Å². The van der Waals surface area contributed by atoms with E-state index in [9.17, 15) is 4.79 Å². The van der Waals surface area contributed by atoms with E-state index < -0.39 is 0 Å². The zero-order valence-corrected chi connectivity index (χ0v) is 10.4. The van der Waals surface area contributed by atoms with Crippen LogP contribution in [0.5, 0.6) is 5.75 Å². The van der Waals surface area contributed by atoms with Crippen molar-refractivity contribution in [2.45, 2.75) is 13.3 Å². The smallest absolute Gasteiger partial charge is 0.230 e. The molecular formula is C13H15N3O2. The van der Waals surface area contributed by atoms with E-state index >= 15 is 0 Å². The minimum absolute atomic E-state index is 0.108.